The monoisotopic (exact) mass is 378 g/mol. The number of ether oxygens (including phenoxy) is 1. The van der Waals surface area contributed by atoms with Crippen LogP contribution in [-0.4, -0.2) is 9.97 Å². The van der Waals surface area contributed by atoms with Gasteiger partial charge in [0.05, 0.1) is 16.0 Å². The minimum atomic E-state index is -0.888. The molecule has 7 nitrogen and oxygen atoms in total. The maximum Gasteiger partial charge on any atom is 0.328 e. The van der Waals surface area contributed by atoms with Crippen LogP contribution in [0, 0.1) is 17.1 Å². The fourth-order valence-corrected chi connectivity index (χ4v) is 2.81. The highest BCUT2D eigenvalue weighted by atomic mass is 79.9. The molecule has 1 atom stereocenters. The van der Waals surface area contributed by atoms with Crippen molar-refractivity contribution in [3.63, 3.8) is 0 Å². The molecule has 4 N–H and O–H groups in total. The van der Waals surface area contributed by atoms with Crippen molar-refractivity contribution in [1.82, 2.24) is 9.97 Å². The number of nitrogens with two attached hydrogens (primary N) is 1. The number of nitrogens with zero attached hydrogens (tertiary/aromatic N) is 1. The molecule has 9 heteroatoms. The maximum atomic E-state index is 13.5. The Morgan fingerprint density at radius 3 is 2.74 bits per heavy atom. The second-order valence-corrected chi connectivity index (χ2v) is 5.60. The summed E-state index contributed by atoms with van der Waals surface area (Å²) in [6.45, 7) is 0. The van der Waals surface area contributed by atoms with Gasteiger partial charge in [0.2, 0.25) is 11.8 Å². The van der Waals surface area contributed by atoms with Crippen molar-refractivity contribution < 1.29 is 9.13 Å². The minimum absolute atomic E-state index is 0.00597. The minimum Gasteiger partial charge on any atom is -0.424 e. The van der Waals surface area contributed by atoms with Gasteiger partial charge in [0.25, 0.3) is 5.56 Å². The van der Waals surface area contributed by atoms with Crippen LogP contribution in [0.15, 0.2) is 43.7 Å². The van der Waals surface area contributed by atoms with E-state index < -0.39 is 23.0 Å². The molecule has 0 saturated carbocycles. The van der Waals surface area contributed by atoms with E-state index in [0.717, 1.165) is 0 Å². The summed E-state index contributed by atoms with van der Waals surface area (Å²) in [7, 11) is 0. The van der Waals surface area contributed by atoms with Gasteiger partial charge in [-0.25, -0.2) is 9.18 Å². The van der Waals surface area contributed by atoms with Crippen LogP contribution in [0.4, 0.5) is 4.39 Å². The Morgan fingerprint density at radius 2 is 2.09 bits per heavy atom. The van der Waals surface area contributed by atoms with Crippen molar-refractivity contribution in [2.75, 3.05) is 0 Å². The molecule has 0 aliphatic carbocycles. The van der Waals surface area contributed by atoms with Crippen LogP contribution in [0.3, 0.4) is 0 Å². The van der Waals surface area contributed by atoms with Gasteiger partial charge in [0.15, 0.2) is 0 Å². The standard InChI is InChI=1S/C14H8BrFN4O3/c15-7-3-5(1-2-8(7)16)9-6(4-17)11(18)23-13-10(9)12(21)19-14(22)20-13/h1-3,9H,18H2,(H2,19,20,21,22). The van der Waals surface area contributed by atoms with Gasteiger partial charge in [-0.05, 0) is 33.6 Å². The Kier molecular flexibility index (Phi) is 3.54. The highest BCUT2D eigenvalue weighted by molar-refractivity contribution is 9.10. The predicted molar refractivity (Wildman–Crippen MR) is 81.1 cm³/mol. The van der Waals surface area contributed by atoms with Crippen LogP contribution >= 0.6 is 15.9 Å². The molecule has 1 aromatic carbocycles. The van der Waals surface area contributed by atoms with Crippen LogP contribution in [0.5, 0.6) is 5.88 Å². The third-order valence-corrected chi connectivity index (χ3v) is 4.00. The lowest BCUT2D eigenvalue weighted by Gasteiger charge is -2.24. The Balaban J connectivity index is 2.33. The summed E-state index contributed by atoms with van der Waals surface area (Å²) in [4.78, 5) is 28.0. The quantitative estimate of drug-likeness (QED) is 0.686. The lowest BCUT2D eigenvalue weighted by Crippen LogP contribution is -2.33. The van der Waals surface area contributed by atoms with Crippen LogP contribution < -0.4 is 21.7 Å². The molecule has 116 valence electrons. The van der Waals surface area contributed by atoms with Crippen molar-refractivity contribution in [2.45, 2.75) is 5.92 Å². The zero-order chi connectivity index (χ0) is 16.7. The molecular weight excluding hydrogens is 371 g/mol. The van der Waals surface area contributed by atoms with E-state index in [9.17, 15) is 19.2 Å². The summed E-state index contributed by atoms with van der Waals surface area (Å²) >= 11 is 3.06. The number of nitriles is 1. The molecule has 0 amide bonds. The summed E-state index contributed by atoms with van der Waals surface area (Å²) in [6.07, 6.45) is 0. The number of hydrogen-bond acceptors (Lipinski definition) is 5. The van der Waals surface area contributed by atoms with Gasteiger partial charge in [-0.1, -0.05) is 6.07 Å². The average molecular weight is 379 g/mol. The number of fused-ring (bicyclic) bond motifs is 1. The number of rotatable bonds is 1. The van der Waals surface area contributed by atoms with Crippen molar-refractivity contribution in [2.24, 2.45) is 5.73 Å². The molecule has 1 aliphatic rings. The fraction of sp³-hybridized carbons (Fsp3) is 0.0714. The molecule has 2 heterocycles. The van der Waals surface area contributed by atoms with Crippen LogP contribution in [-0.2, 0) is 0 Å². The number of nitrogens with one attached hydrogen (secondary N) is 2. The van der Waals surface area contributed by atoms with Gasteiger partial charge in [-0.3, -0.25) is 14.8 Å². The molecule has 0 fully saturated rings. The third-order valence-electron chi connectivity index (χ3n) is 3.40. The summed E-state index contributed by atoms with van der Waals surface area (Å²) in [6, 6.07) is 5.95. The summed E-state index contributed by atoms with van der Waals surface area (Å²) in [5.41, 5.74) is 4.70. The number of benzene rings is 1. The van der Waals surface area contributed by atoms with Gasteiger partial charge in [0.1, 0.15) is 17.5 Å². The largest absolute Gasteiger partial charge is 0.424 e. The Labute approximate surface area is 136 Å². The molecular formula is C14H8BrFN4O3. The van der Waals surface area contributed by atoms with Crippen molar-refractivity contribution >= 4 is 15.9 Å². The number of H-pyrrole nitrogens is 2. The molecule has 2 aromatic rings. The number of aromatic nitrogens is 2. The zero-order valence-electron chi connectivity index (χ0n) is 11.3. The van der Waals surface area contributed by atoms with Gasteiger partial charge >= 0.3 is 5.69 Å². The van der Waals surface area contributed by atoms with Crippen molar-refractivity contribution in [3.05, 3.63) is 71.9 Å². The SMILES string of the molecule is N#CC1=C(N)Oc2[nH]c(=O)[nH]c(=O)c2C1c1ccc(F)c(Br)c1. The lowest BCUT2D eigenvalue weighted by atomic mass is 9.85. The molecule has 1 unspecified atom stereocenters. The highest BCUT2D eigenvalue weighted by Crippen LogP contribution is 2.39. The van der Waals surface area contributed by atoms with Gasteiger partial charge in [0, 0.05) is 0 Å². The van der Waals surface area contributed by atoms with E-state index in [0.29, 0.717) is 5.56 Å². The van der Waals surface area contributed by atoms with Crippen LogP contribution in [0.2, 0.25) is 0 Å². The molecule has 0 spiro atoms. The van der Waals surface area contributed by atoms with E-state index in [4.69, 9.17) is 10.5 Å². The first-order valence-electron chi connectivity index (χ1n) is 6.31. The topological polar surface area (TPSA) is 125 Å². The van der Waals surface area contributed by atoms with Crippen LogP contribution in [0.25, 0.3) is 0 Å². The molecule has 0 saturated heterocycles. The summed E-state index contributed by atoms with van der Waals surface area (Å²) in [5.74, 6) is -1.75. The number of hydrogen-bond donors (Lipinski definition) is 3. The smallest absolute Gasteiger partial charge is 0.328 e. The molecule has 0 radical (unpaired) electrons. The first-order valence-corrected chi connectivity index (χ1v) is 7.10. The molecule has 23 heavy (non-hydrogen) atoms. The number of aromatic amines is 2. The number of allylic oxidation sites excluding steroid dienone is 1. The van der Waals surface area contributed by atoms with Crippen molar-refractivity contribution in [1.29, 1.82) is 5.26 Å². The van der Waals surface area contributed by atoms with Crippen LogP contribution in [0.1, 0.15) is 17.0 Å². The highest BCUT2D eigenvalue weighted by Gasteiger charge is 2.34. The molecule has 3 rings (SSSR count). The Hall–Kier alpha value is -2.86. The predicted octanol–water partition coefficient (Wildman–Crippen LogP) is 1.18. The molecule has 1 aliphatic heterocycles. The van der Waals surface area contributed by atoms with Gasteiger partial charge < -0.3 is 10.5 Å². The number of halogens is 2. The fourth-order valence-electron chi connectivity index (χ4n) is 2.41. The van der Waals surface area contributed by atoms with E-state index in [2.05, 4.69) is 25.9 Å². The van der Waals surface area contributed by atoms with Gasteiger partial charge in [-0.15, -0.1) is 0 Å². The van der Waals surface area contributed by atoms with E-state index >= 15 is 0 Å². The summed E-state index contributed by atoms with van der Waals surface area (Å²) < 4.78 is 18.8. The normalized spacial score (nSPS) is 16.5. The first kappa shape index (κ1) is 15.1. The first-order chi connectivity index (χ1) is 10.9. The van der Waals surface area contributed by atoms with E-state index in [-0.39, 0.29) is 27.4 Å². The maximum absolute atomic E-state index is 13.5. The zero-order valence-corrected chi connectivity index (χ0v) is 12.9. The Morgan fingerprint density at radius 1 is 1.35 bits per heavy atom. The second kappa shape index (κ2) is 5.40. The Bertz CT molecular complexity index is 1000. The van der Waals surface area contributed by atoms with Gasteiger partial charge in [-0.2, -0.15) is 5.26 Å². The second-order valence-electron chi connectivity index (χ2n) is 4.75. The van der Waals surface area contributed by atoms with Crippen molar-refractivity contribution in [3.8, 4) is 11.9 Å². The third kappa shape index (κ3) is 2.43. The van der Waals surface area contributed by atoms with E-state index in [1.165, 1.54) is 18.2 Å². The lowest BCUT2D eigenvalue weighted by molar-refractivity contribution is 0.373. The molecule has 1 aromatic heterocycles. The molecule has 0 bridgehead atoms. The average Bonchev–Trinajstić information content (AvgIpc) is 2.48. The summed E-state index contributed by atoms with van der Waals surface area (Å²) in [5, 5.41) is 9.35. The van der Waals surface area contributed by atoms with E-state index in [1.807, 2.05) is 6.07 Å². The van der Waals surface area contributed by atoms with E-state index in [1.54, 1.807) is 0 Å².